The van der Waals surface area contributed by atoms with Crippen LogP contribution < -0.4 is 0 Å². The first-order chi connectivity index (χ1) is 9.16. The number of esters is 1. The Balaban J connectivity index is 1.85. The van der Waals surface area contributed by atoms with Crippen LogP contribution in [-0.2, 0) is 16.1 Å². The van der Waals surface area contributed by atoms with Crippen molar-refractivity contribution >= 4 is 13.1 Å². The summed E-state index contributed by atoms with van der Waals surface area (Å²) in [5, 5.41) is 18.3. The molecule has 2 rings (SSSR count). The Kier molecular flexibility index (Phi) is 4.77. The fourth-order valence-electron chi connectivity index (χ4n) is 2.18. The van der Waals surface area contributed by atoms with Gasteiger partial charge in [-0.05, 0) is 18.4 Å². The lowest BCUT2D eigenvalue weighted by molar-refractivity contribution is -0.150. The van der Waals surface area contributed by atoms with Crippen LogP contribution in [0, 0.1) is 5.92 Å². The maximum absolute atomic E-state index is 11.9. The molecule has 0 fully saturated rings. The van der Waals surface area contributed by atoms with Crippen LogP contribution in [-0.4, -0.2) is 23.1 Å². The van der Waals surface area contributed by atoms with Crippen LogP contribution in [0.25, 0.3) is 0 Å². The molecule has 1 aromatic carbocycles. The molecule has 0 saturated carbocycles. The topological polar surface area (TPSA) is 66.8 Å². The monoisotopic (exact) mass is 260 g/mol. The predicted molar refractivity (Wildman–Crippen MR) is 72.0 cm³/mol. The van der Waals surface area contributed by atoms with Crippen LogP contribution in [0.4, 0.5) is 0 Å². The molecule has 100 valence electrons. The maximum atomic E-state index is 11.9. The zero-order valence-electron chi connectivity index (χ0n) is 10.6. The first-order valence-electron chi connectivity index (χ1n) is 6.40. The minimum Gasteiger partial charge on any atom is -0.461 e. The van der Waals surface area contributed by atoms with Crippen LogP contribution in [0.1, 0.15) is 18.4 Å². The lowest BCUT2D eigenvalue weighted by atomic mass is 9.66. The molecule has 0 heterocycles. The number of benzene rings is 1. The molecule has 2 N–H and O–H groups in total. The molecular formula is C14H17BO4. The van der Waals surface area contributed by atoms with Crippen molar-refractivity contribution in [2.45, 2.75) is 25.3 Å². The zero-order valence-corrected chi connectivity index (χ0v) is 10.6. The summed E-state index contributed by atoms with van der Waals surface area (Å²) in [6.45, 7) is 0.256. The average Bonchev–Trinajstić information content (AvgIpc) is 2.46. The van der Waals surface area contributed by atoms with Crippen molar-refractivity contribution in [2.24, 2.45) is 5.92 Å². The van der Waals surface area contributed by atoms with Gasteiger partial charge in [0.15, 0.2) is 0 Å². The predicted octanol–water partition coefficient (Wildman–Crippen LogP) is 1.54. The van der Waals surface area contributed by atoms with Crippen molar-refractivity contribution in [3.05, 3.63) is 48.0 Å². The molecule has 0 aromatic heterocycles. The molecule has 19 heavy (non-hydrogen) atoms. The molecule has 0 aliphatic heterocycles. The second-order valence-corrected chi connectivity index (χ2v) is 4.77. The molecule has 0 amide bonds. The van der Waals surface area contributed by atoms with E-state index < -0.39 is 7.12 Å². The Bertz CT molecular complexity index is 444. The standard InChI is InChI=1S/C14H17BO4/c16-14(19-10-11-5-2-1-3-6-11)12-7-4-8-13(9-12)15(17)18/h1-6,8,12-13,17-18H,7,9-10H2/t12-,13+/m1/s1. The highest BCUT2D eigenvalue weighted by molar-refractivity contribution is 6.44. The van der Waals surface area contributed by atoms with E-state index in [2.05, 4.69) is 0 Å². The molecule has 5 heteroatoms. The van der Waals surface area contributed by atoms with Gasteiger partial charge in [-0.2, -0.15) is 0 Å². The fourth-order valence-corrected chi connectivity index (χ4v) is 2.18. The summed E-state index contributed by atoms with van der Waals surface area (Å²) >= 11 is 0. The summed E-state index contributed by atoms with van der Waals surface area (Å²) in [5.74, 6) is -0.956. The second kappa shape index (κ2) is 6.54. The number of rotatable bonds is 4. The minimum absolute atomic E-state index is 0.256. The smallest absolute Gasteiger partial charge is 0.458 e. The van der Waals surface area contributed by atoms with E-state index in [-0.39, 0.29) is 24.3 Å². The Labute approximate surface area is 112 Å². The lowest BCUT2D eigenvalue weighted by Crippen LogP contribution is -2.27. The Morgan fingerprint density at radius 2 is 2.05 bits per heavy atom. The molecule has 1 aliphatic carbocycles. The number of carbonyl (C=O) groups excluding carboxylic acids is 1. The molecule has 0 bridgehead atoms. The molecule has 0 saturated heterocycles. The fraction of sp³-hybridized carbons (Fsp3) is 0.357. The zero-order chi connectivity index (χ0) is 13.7. The highest BCUT2D eigenvalue weighted by atomic mass is 16.5. The van der Waals surface area contributed by atoms with Crippen molar-refractivity contribution in [3.8, 4) is 0 Å². The van der Waals surface area contributed by atoms with Gasteiger partial charge in [-0.3, -0.25) is 4.79 Å². The summed E-state index contributed by atoms with van der Waals surface area (Å²) in [4.78, 5) is 11.9. The summed E-state index contributed by atoms with van der Waals surface area (Å²) in [5.41, 5.74) is 0.945. The second-order valence-electron chi connectivity index (χ2n) is 4.77. The van der Waals surface area contributed by atoms with Crippen LogP contribution >= 0.6 is 0 Å². The SMILES string of the molecule is O=C(OCc1ccccc1)[C@@H]1CC=C[C@H](B(O)O)C1. The average molecular weight is 260 g/mol. The van der Waals surface area contributed by atoms with Gasteiger partial charge < -0.3 is 14.8 Å². The third kappa shape index (κ3) is 3.94. The third-order valence-corrected chi connectivity index (χ3v) is 3.30. The van der Waals surface area contributed by atoms with Crippen molar-refractivity contribution in [2.75, 3.05) is 0 Å². The first kappa shape index (κ1) is 13.8. The molecule has 4 nitrogen and oxygen atoms in total. The largest absolute Gasteiger partial charge is 0.461 e. The van der Waals surface area contributed by atoms with E-state index >= 15 is 0 Å². The van der Waals surface area contributed by atoms with Gasteiger partial charge in [-0.25, -0.2) is 0 Å². The van der Waals surface area contributed by atoms with Crippen molar-refractivity contribution < 1.29 is 19.6 Å². The van der Waals surface area contributed by atoms with Gasteiger partial charge in [0.1, 0.15) is 6.61 Å². The van der Waals surface area contributed by atoms with E-state index in [1.54, 1.807) is 6.08 Å². The number of allylic oxidation sites excluding steroid dienone is 2. The Hall–Kier alpha value is -1.59. The highest BCUT2D eigenvalue weighted by Gasteiger charge is 2.31. The van der Waals surface area contributed by atoms with Gasteiger partial charge in [0.2, 0.25) is 0 Å². The summed E-state index contributed by atoms with van der Waals surface area (Å²) in [6, 6.07) is 9.49. The van der Waals surface area contributed by atoms with Crippen LogP contribution in [0.15, 0.2) is 42.5 Å². The van der Waals surface area contributed by atoms with Gasteiger partial charge in [-0.1, -0.05) is 42.5 Å². The van der Waals surface area contributed by atoms with Crippen LogP contribution in [0.5, 0.6) is 0 Å². The molecular weight excluding hydrogens is 243 g/mol. The van der Waals surface area contributed by atoms with Crippen LogP contribution in [0.2, 0.25) is 5.82 Å². The molecule has 0 unspecified atom stereocenters. The molecule has 0 radical (unpaired) electrons. The van der Waals surface area contributed by atoms with Gasteiger partial charge in [0, 0.05) is 5.82 Å². The van der Waals surface area contributed by atoms with E-state index in [0.717, 1.165) is 5.56 Å². The van der Waals surface area contributed by atoms with E-state index in [1.807, 2.05) is 36.4 Å². The number of hydrogen-bond acceptors (Lipinski definition) is 4. The summed E-state index contributed by atoms with van der Waals surface area (Å²) in [6.07, 6.45) is 4.56. The number of carbonyl (C=O) groups is 1. The normalized spacial score (nSPS) is 22.0. The van der Waals surface area contributed by atoms with Gasteiger partial charge in [-0.15, -0.1) is 0 Å². The van der Waals surface area contributed by atoms with E-state index in [1.165, 1.54) is 0 Å². The van der Waals surface area contributed by atoms with Gasteiger partial charge in [0.05, 0.1) is 5.92 Å². The Morgan fingerprint density at radius 3 is 2.74 bits per heavy atom. The molecule has 1 aliphatic rings. The van der Waals surface area contributed by atoms with Gasteiger partial charge >= 0.3 is 13.1 Å². The Morgan fingerprint density at radius 1 is 1.32 bits per heavy atom. The van der Waals surface area contributed by atoms with E-state index in [4.69, 9.17) is 14.8 Å². The van der Waals surface area contributed by atoms with Gasteiger partial charge in [0.25, 0.3) is 0 Å². The quantitative estimate of drug-likeness (QED) is 0.489. The van der Waals surface area contributed by atoms with Crippen molar-refractivity contribution in [1.29, 1.82) is 0 Å². The van der Waals surface area contributed by atoms with E-state index in [0.29, 0.717) is 12.8 Å². The molecule has 1 aromatic rings. The number of hydrogen-bond donors (Lipinski definition) is 2. The van der Waals surface area contributed by atoms with Crippen molar-refractivity contribution in [3.63, 3.8) is 0 Å². The molecule has 0 spiro atoms. The summed E-state index contributed by atoms with van der Waals surface area (Å²) < 4.78 is 5.26. The molecule has 2 atom stereocenters. The first-order valence-corrected chi connectivity index (χ1v) is 6.40. The van der Waals surface area contributed by atoms with Crippen molar-refractivity contribution in [1.82, 2.24) is 0 Å². The lowest BCUT2D eigenvalue weighted by Gasteiger charge is -2.22. The maximum Gasteiger partial charge on any atom is 0.458 e. The van der Waals surface area contributed by atoms with E-state index in [9.17, 15) is 4.79 Å². The number of ether oxygens (including phenoxy) is 1. The van der Waals surface area contributed by atoms with Crippen LogP contribution in [0.3, 0.4) is 0 Å². The minimum atomic E-state index is -1.42. The summed E-state index contributed by atoms with van der Waals surface area (Å²) in [7, 11) is -1.42. The highest BCUT2D eigenvalue weighted by Crippen LogP contribution is 2.29. The third-order valence-electron chi connectivity index (χ3n) is 3.30.